The minimum absolute atomic E-state index is 0.0197. The second-order valence-corrected chi connectivity index (χ2v) is 8.86. The topological polar surface area (TPSA) is 61.4 Å². The fourth-order valence-electron chi connectivity index (χ4n) is 3.70. The molecule has 0 spiro atoms. The van der Waals surface area contributed by atoms with E-state index in [1.807, 2.05) is 18.7 Å². The first-order valence-corrected chi connectivity index (χ1v) is 11.0. The summed E-state index contributed by atoms with van der Waals surface area (Å²) in [6, 6.07) is 8.84. The molecule has 30 heavy (non-hydrogen) atoms. The Morgan fingerprint density at radius 1 is 1.00 bits per heavy atom. The molecule has 1 aliphatic rings. The minimum Gasteiger partial charge on any atom is -0.353 e. The van der Waals surface area contributed by atoms with Gasteiger partial charge >= 0.3 is 6.03 Å². The number of piperazine rings is 1. The lowest BCUT2D eigenvalue weighted by atomic mass is 10.0. The summed E-state index contributed by atoms with van der Waals surface area (Å²) >= 11 is 0. The Morgan fingerprint density at radius 3 is 2.20 bits per heavy atom. The number of carbonyl (C=O) groups is 1. The SMILES string of the molecule is Cc1ccc(Cc2c(C)nc(C(C)C)nc2N2CCN(C(=O)NC(C)C)CC2)cc1. The van der Waals surface area contributed by atoms with Gasteiger partial charge in [0.25, 0.3) is 0 Å². The van der Waals surface area contributed by atoms with Crippen LogP contribution in [0.5, 0.6) is 0 Å². The van der Waals surface area contributed by atoms with E-state index in [-0.39, 0.29) is 18.0 Å². The van der Waals surface area contributed by atoms with Gasteiger partial charge in [-0.1, -0.05) is 43.7 Å². The zero-order valence-electron chi connectivity index (χ0n) is 19.2. The molecule has 0 atom stereocenters. The van der Waals surface area contributed by atoms with Crippen LogP contribution in [0.4, 0.5) is 10.6 Å². The Balaban J connectivity index is 1.85. The van der Waals surface area contributed by atoms with E-state index in [2.05, 4.69) is 62.2 Å². The summed E-state index contributed by atoms with van der Waals surface area (Å²) in [5.74, 6) is 2.18. The van der Waals surface area contributed by atoms with Gasteiger partial charge in [0.05, 0.1) is 0 Å². The van der Waals surface area contributed by atoms with Crippen LogP contribution in [0.1, 0.15) is 61.8 Å². The molecule has 3 rings (SSSR count). The zero-order valence-corrected chi connectivity index (χ0v) is 19.2. The Labute approximate surface area is 180 Å². The van der Waals surface area contributed by atoms with Crippen molar-refractivity contribution in [2.45, 2.75) is 59.9 Å². The molecule has 1 aromatic carbocycles. The molecule has 1 aromatic heterocycles. The summed E-state index contributed by atoms with van der Waals surface area (Å²) in [7, 11) is 0. The molecular formula is C24H35N5O. The van der Waals surface area contributed by atoms with Crippen molar-refractivity contribution >= 4 is 11.8 Å². The number of nitrogens with zero attached hydrogens (tertiary/aromatic N) is 4. The highest BCUT2D eigenvalue weighted by atomic mass is 16.2. The van der Waals surface area contributed by atoms with Crippen molar-refractivity contribution in [3.05, 3.63) is 52.5 Å². The molecular weight excluding hydrogens is 374 g/mol. The van der Waals surface area contributed by atoms with Crippen LogP contribution in [0.2, 0.25) is 0 Å². The van der Waals surface area contributed by atoms with Crippen LogP contribution in [0.15, 0.2) is 24.3 Å². The fourth-order valence-corrected chi connectivity index (χ4v) is 3.70. The van der Waals surface area contributed by atoms with Gasteiger partial charge < -0.3 is 15.1 Å². The predicted octanol–water partition coefficient (Wildman–Crippen LogP) is 4.05. The molecule has 1 N–H and O–H groups in total. The second kappa shape index (κ2) is 9.45. The van der Waals surface area contributed by atoms with E-state index in [0.29, 0.717) is 13.1 Å². The van der Waals surface area contributed by atoms with Crippen LogP contribution >= 0.6 is 0 Å². The summed E-state index contributed by atoms with van der Waals surface area (Å²) in [6.45, 7) is 15.4. The highest BCUT2D eigenvalue weighted by Crippen LogP contribution is 2.27. The molecule has 0 saturated carbocycles. The van der Waals surface area contributed by atoms with E-state index in [9.17, 15) is 4.79 Å². The average molecular weight is 410 g/mol. The number of amides is 2. The Morgan fingerprint density at radius 2 is 1.63 bits per heavy atom. The van der Waals surface area contributed by atoms with Crippen LogP contribution in [-0.4, -0.2) is 53.1 Å². The Bertz CT molecular complexity index is 868. The Hall–Kier alpha value is -2.63. The van der Waals surface area contributed by atoms with Crippen molar-refractivity contribution in [2.75, 3.05) is 31.1 Å². The number of urea groups is 1. The van der Waals surface area contributed by atoms with Crippen LogP contribution in [0, 0.1) is 13.8 Å². The molecule has 2 amide bonds. The van der Waals surface area contributed by atoms with Gasteiger partial charge in [-0.25, -0.2) is 14.8 Å². The number of hydrogen-bond acceptors (Lipinski definition) is 4. The number of carbonyl (C=O) groups excluding carboxylic acids is 1. The third-order valence-corrected chi connectivity index (χ3v) is 5.51. The van der Waals surface area contributed by atoms with Gasteiger partial charge in [0.1, 0.15) is 11.6 Å². The molecule has 2 aromatic rings. The number of benzene rings is 1. The quantitative estimate of drug-likeness (QED) is 0.809. The maximum absolute atomic E-state index is 12.4. The molecule has 0 radical (unpaired) electrons. The van der Waals surface area contributed by atoms with E-state index >= 15 is 0 Å². The van der Waals surface area contributed by atoms with Crippen molar-refractivity contribution in [1.82, 2.24) is 20.2 Å². The summed E-state index contributed by atoms with van der Waals surface area (Å²) in [5, 5.41) is 2.99. The summed E-state index contributed by atoms with van der Waals surface area (Å²) < 4.78 is 0. The molecule has 162 valence electrons. The molecule has 0 aliphatic carbocycles. The van der Waals surface area contributed by atoms with E-state index < -0.39 is 0 Å². The zero-order chi connectivity index (χ0) is 21.8. The van der Waals surface area contributed by atoms with Crippen molar-refractivity contribution in [2.24, 2.45) is 0 Å². The molecule has 0 unspecified atom stereocenters. The van der Waals surface area contributed by atoms with E-state index in [4.69, 9.17) is 9.97 Å². The molecule has 6 heteroatoms. The minimum atomic E-state index is 0.0197. The number of nitrogens with one attached hydrogen (secondary N) is 1. The van der Waals surface area contributed by atoms with Gasteiger partial charge in [0, 0.05) is 55.8 Å². The third-order valence-electron chi connectivity index (χ3n) is 5.51. The van der Waals surface area contributed by atoms with Gasteiger partial charge in [-0.2, -0.15) is 0 Å². The highest BCUT2D eigenvalue weighted by Gasteiger charge is 2.25. The Kier molecular flexibility index (Phi) is 6.95. The van der Waals surface area contributed by atoms with Gasteiger partial charge in [-0.05, 0) is 33.3 Å². The normalized spacial score (nSPS) is 14.5. The van der Waals surface area contributed by atoms with Crippen LogP contribution in [-0.2, 0) is 6.42 Å². The lowest BCUT2D eigenvalue weighted by Crippen LogP contribution is -2.53. The molecule has 1 aliphatic heterocycles. The first-order chi connectivity index (χ1) is 14.2. The number of anilines is 1. The number of hydrogen-bond donors (Lipinski definition) is 1. The largest absolute Gasteiger partial charge is 0.353 e. The maximum Gasteiger partial charge on any atom is 0.317 e. The van der Waals surface area contributed by atoms with Crippen LogP contribution in [0.25, 0.3) is 0 Å². The highest BCUT2D eigenvalue weighted by molar-refractivity contribution is 5.74. The molecule has 1 fully saturated rings. The standard InChI is InChI=1S/C24H35N5O/c1-16(2)22-26-19(6)21(15-20-9-7-18(5)8-10-20)23(27-22)28-11-13-29(14-12-28)24(30)25-17(3)4/h7-10,16-17H,11-15H2,1-6H3,(H,25,30). The lowest BCUT2D eigenvalue weighted by Gasteiger charge is -2.37. The van der Waals surface area contributed by atoms with Gasteiger partial charge in [0.2, 0.25) is 0 Å². The van der Waals surface area contributed by atoms with Crippen LogP contribution < -0.4 is 10.2 Å². The average Bonchev–Trinajstić information content (AvgIpc) is 2.70. The van der Waals surface area contributed by atoms with E-state index in [1.165, 1.54) is 16.7 Å². The molecule has 6 nitrogen and oxygen atoms in total. The first-order valence-electron chi connectivity index (χ1n) is 11.0. The lowest BCUT2D eigenvalue weighted by molar-refractivity contribution is 0.191. The van der Waals surface area contributed by atoms with Gasteiger partial charge in [0.15, 0.2) is 0 Å². The number of aromatic nitrogens is 2. The first kappa shape index (κ1) is 22.1. The maximum atomic E-state index is 12.4. The molecule has 0 bridgehead atoms. The van der Waals surface area contributed by atoms with E-state index in [1.54, 1.807) is 0 Å². The fraction of sp³-hybridized carbons (Fsp3) is 0.542. The summed E-state index contributed by atoms with van der Waals surface area (Å²) in [6.07, 6.45) is 0.813. The van der Waals surface area contributed by atoms with Crippen LogP contribution in [0.3, 0.4) is 0 Å². The van der Waals surface area contributed by atoms with E-state index in [0.717, 1.165) is 36.8 Å². The monoisotopic (exact) mass is 409 g/mol. The summed E-state index contributed by atoms with van der Waals surface area (Å²) in [4.78, 5) is 26.4. The van der Waals surface area contributed by atoms with Crippen molar-refractivity contribution in [1.29, 1.82) is 0 Å². The van der Waals surface area contributed by atoms with Crippen molar-refractivity contribution in [3.63, 3.8) is 0 Å². The smallest absolute Gasteiger partial charge is 0.317 e. The number of rotatable bonds is 5. The second-order valence-electron chi connectivity index (χ2n) is 8.86. The molecule has 2 heterocycles. The molecule has 1 saturated heterocycles. The predicted molar refractivity (Wildman–Crippen MR) is 122 cm³/mol. The summed E-state index contributed by atoms with van der Waals surface area (Å²) in [5.41, 5.74) is 4.76. The number of aryl methyl sites for hydroxylation is 2. The van der Waals surface area contributed by atoms with Gasteiger partial charge in [-0.3, -0.25) is 0 Å². The van der Waals surface area contributed by atoms with Gasteiger partial charge in [-0.15, -0.1) is 0 Å². The van der Waals surface area contributed by atoms with Crippen molar-refractivity contribution < 1.29 is 4.79 Å². The van der Waals surface area contributed by atoms with Crippen molar-refractivity contribution in [3.8, 4) is 0 Å². The third kappa shape index (κ3) is 5.29.